The van der Waals surface area contributed by atoms with Crippen molar-refractivity contribution in [3.8, 4) is 17.7 Å². The molecule has 2 heterocycles. The fraction of sp³-hybridized carbons (Fsp3) is 0.200. The Balaban J connectivity index is 2.24. The first-order chi connectivity index (χ1) is 11.4. The van der Waals surface area contributed by atoms with E-state index in [1.165, 1.54) is 12.1 Å². The molecule has 0 N–H and O–H groups in total. The predicted molar refractivity (Wildman–Crippen MR) is 84.7 cm³/mol. The molecule has 0 saturated heterocycles. The van der Waals surface area contributed by atoms with Gasteiger partial charge in [0.1, 0.15) is 16.8 Å². The van der Waals surface area contributed by atoms with E-state index < -0.39 is 18.6 Å². The first-order valence-electron chi connectivity index (χ1n) is 6.76. The van der Waals surface area contributed by atoms with Gasteiger partial charge in [0.15, 0.2) is 0 Å². The lowest BCUT2D eigenvalue weighted by Gasteiger charge is -2.07. The second-order valence-electron chi connectivity index (χ2n) is 5.03. The molecule has 3 rings (SSSR count). The zero-order chi connectivity index (χ0) is 17.4. The van der Waals surface area contributed by atoms with Crippen molar-refractivity contribution in [2.45, 2.75) is 19.9 Å². The number of hydrogen-bond donors (Lipinski definition) is 0. The van der Waals surface area contributed by atoms with Crippen LogP contribution in [0.2, 0.25) is 0 Å². The van der Waals surface area contributed by atoms with Crippen molar-refractivity contribution >= 4 is 26.8 Å². The van der Waals surface area contributed by atoms with Crippen LogP contribution in [0.1, 0.15) is 11.1 Å². The van der Waals surface area contributed by atoms with Gasteiger partial charge in [0.2, 0.25) is 5.89 Å². The van der Waals surface area contributed by atoms with Gasteiger partial charge in [-0.3, -0.25) is 4.68 Å². The smallest absolute Gasteiger partial charge is 0.347 e. The summed E-state index contributed by atoms with van der Waals surface area (Å²) in [5.41, 5.74) is 0.728. The molecule has 9 heteroatoms. The van der Waals surface area contributed by atoms with E-state index in [1.807, 2.05) is 6.07 Å². The van der Waals surface area contributed by atoms with Gasteiger partial charge >= 0.3 is 5.63 Å². The number of rotatable bonds is 3. The van der Waals surface area contributed by atoms with E-state index in [-0.39, 0.29) is 17.0 Å². The monoisotopic (exact) mass is 394 g/mol. The van der Waals surface area contributed by atoms with Crippen LogP contribution < -0.4 is 5.63 Å². The highest BCUT2D eigenvalue weighted by Gasteiger charge is 2.18. The van der Waals surface area contributed by atoms with Crippen LogP contribution in [0.4, 0.5) is 8.78 Å². The number of hydrogen-bond acceptors (Lipinski definition) is 5. The van der Waals surface area contributed by atoms with Crippen LogP contribution in [0.3, 0.4) is 0 Å². The predicted octanol–water partition coefficient (Wildman–Crippen LogP) is 3.26. The summed E-state index contributed by atoms with van der Waals surface area (Å²) in [6, 6.07) is 6.37. The van der Waals surface area contributed by atoms with Crippen LogP contribution >= 0.6 is 15.9 Å². The molecule has 0 unspecified atom stereocenters. The number of benzene rings is 1. The Labute approximate surface area is 142 Å². The molecule has 0 aliphatic heterocycles. The molecule has 0 saturated carbocycles. The fourth-order valence-corrected chi connectivity index (χ4v) is 2.76. The summed E-state index contributed by atoms with van der Waals surface area (Å²) in [4.78, 5) is 16.5. The molecular formula is C15H9BrF2N4O2. The maximum Gasteiger partial charge on any atom is 0.347 e. The van der Waals surface area contributed by atoms with E-state index in [1.54, 1.807) is 13.0 Å². The summed E-state index contributed by atoms with van der Waals surface area (Å²) in [6.07, 6.45) is -2.62. The molecule has 2 aromatic heterocycles. The molecule has 0 aliphatic carbocycles. The molecule has 0 spiro atoms. The van der Waals surface area contributed by atoms with Crippen molar-refractivity contribution in [1.82, 2.24) is 14.8 Å². The van der Waals surface area contributed by atoms with Gasteiger partial charge in [-0.15, -0.1) is 0 Å². The molecule has 0 amide bonds. The number of alkyl halides is 2. The first-order valence-corrected chi connectivity index (χ1v) is 7.56. The number of aromatic nitrogens is 3. The number of fused-ring (bicyclic) bond motifs is 1. The fourth-order valence-electron chi connectivity index (χ4n) is 2.35. The lowest BCUT2D eigenvalue weighted by molar-refractivity contribution is 0.122. The number of nitrogens with zero attached hydrogens (tertiary/aromatic N) is 4. The first kappa shape index (κ1) is 16.3. The number of halogens is 3. The highest BCUT2D eigenvalue weighted by molar-refractivity contribution is 9.10. The SMILES string of the molecule is Cc1cc(C#N)cc2c(=O)oc(-c3cc(Br)nn3CC(F)F)nc12. The number of aryl methyl sites for hydroxylation is 1. The van der Waals surface area contributed by atoms with Crippen LogP contribution in [0.15, 0.2) is 32.0 Å². The maximum absolute atomic E-state index is 12.7. The Kier molecular flexibility index (Phi) is 4.15. The minimum absolute atomic E-state index is 0.112. The molecule has 3 aromatic rings. The third-order valence-corrected chi connectivity index (χ3v) is 3.72. The highest BCUT2D eigenvalue weighted by atomic mass is 79.9. The zero-order valence-corrected chi connectivity index (χ0v) is 13.8. The number of nitriles is 1. The molecule has 0 aliphatic rings. The normalized spacial score (nSPS) is 11.2. The summed E-state index contributed by atoms with van der Waals surface area (Å²) in [5, 5.41) is 13.0. The average Bonchev–Trinajstić information content (AvgIpc) is 2.87. The Morgan fingerprint density at radius 1 is 1.42 bits per heavy atom. The highest BCUT2D eigenvalue weighted by Crippen LogP contribution is 2.24. The van der Waals surface area contributed by atoms with E-state index in [2.05, 4.69) is 26.0 Å². The zero-order valence-electron chi connectivity index (χ0n) is 12.3. The van der Waals surface area contributed by atoms with Gasteiger partial charge in [0.25, 0.3) is 6.43 Å². The van der Waals surface area contributed by atoms with Gasteiger partial charge in [-0.25, -0.2) is 18.6 Å². The summed E-state index contributed by atoms with van der Waals surface area (Å²) >= 11 is 3.11. The second-order valence-corrected chi connectivity index (χ2v) is 5.85. The largest absolute Gasteiger partial charge is 0.401 e. The van der Waals surface area contributed by atoms with Crippen molar-refractivity contribution in [3.63, 3.8) is 0 Å². The average molecular weight is 395 g/mol. The third-order valence-electron chi connectivity index (χ3n) is 3.33. The van der Waals surface area contributed by atoms with Crippen LogP contribution in [-0.2, 0) is 6.54 Å². The van der Waals surface area contributed by atoms with Crippen molar-refractivity contribution in [2.75, 3.05) is 0 Å². The minimum atomic E-state index is -2.62. The van der Waals surface area contributed by atoms with Crippen molar-refractivity contribution in [3.05, 3.63) is 44.3 Å². The Morgan fingerprint density at radius 3 is 2.83 bits per heavy atom. The Morgan fingerprint density at radius 2 is 2.17 bits per heavy atom. The van der Waals surface area contributed by atoms with Crippen molar-refractivity contribution in [1.29, 1.82) is 5.26 Å². The lowest BCUT2D eigenvalue weighted by Crippen LogP contribution is -2.11. The van der Waals surface area contributed by atoms with Crippen molar-refractivity contribution in [2.24, 2.45) is 0 Å². The minimum Gasteiger partial charge on any atom is -0.401 e. The Bertz CT molecular complexity index is 1040. The van der Waals surface area contributed by atoms with Gasteiger partial charge in [0.05, 0.1) is 22.5 Å². The summed E-state index contributed by atoms with van der Waals surface area (Å²) in [7, 11) is 0. The lowest BCUT2D eigenvalue weighted by atomic mass is 10.1. The molecule has 0 radical (unpaired) electrons. The van der Waals surface area contributed by atoms with Gasteiger partial charge in [-0.2, -0.15) is 10.4 Å². The summed E-state index contributed by atoms with van der Waals surface area (Å²) in [6.45, 7) is 1.04. The Hall–Kier alpha value is -2.60. The quantitative estimate of drug-likeness (QED) is 0.680. The molecule has 1 aromatic carbocycles. The van der Waals surface area contributed by atoms with Crippen LogP contribution in [0, 0.1) is 18.3 Å². The van der Waals surface area contributed by atoms with Crippen molar-refractivity contribution < 1.29 is 13.2 Å². The van der Waals surface area contributed by atoms with E-state index in [4.69, 9.17) is 9.68 Å². The summed E-state index contributed by atoms with van der Waals surface area (Å²) < 4.78 is 31.9. The molecule has 6 nitrogen and oxygen atoms in total. The van der Waals surface area contributed by atoms with Crippen LogP contribution in [0.25, 0.3) is 22.5 Å². The van der Waals surface area contributed by atoms with Gasteiger partial charge in [-0.1, -0.05) is 0 Å². The molecule has 0 atom stereocenters. The molecule has 0 fully saturated rings. The van der Waals surface area contributed by atoms with Gasteiger partial charge in [-0.05, 0) is 40.5 Å². The van der Waals surface area contributed by atoms with E-state index in [9.17, 15) is 13.6 Å². The summed E-state index contributed by atoms with van der Waals surface area (Å²) in [5.74, 6) is -0.112. The molecule has 0 bridgehead atoms. The standard InChI is InChI=1S/C15H9BrF2N4O2/c1-7-2-8(5-19)3-9-13(7)20-14(24-15(9)23)10-4-11(16)21-22(10)6-12(17)18/h2-4,12H,6H2,1H3. The van der Waals surface area contributed by atoms with E-state index in [0.29, 0.717) is 21.2 Å². The molecule has 122 valence electrons. The molecule has 24 heavy (non-hydrogen) atoms. The van der Waals surface area contributed by atoms with Crippen LogP contribution in [0.5, 0.6) is 0 Å². The molecular weight excluding hydrogens is 386 g/mol. The van der Waals surface area contributed by atoms with Crippen LogP contribution in [-0.4, -0.2) is 21.2 Å². The third kappa shape index (κ3) is 2.92. The van der Waals surface area contributed by atoms with Gasteiger partial charge in [0, 0.05) is 6.07 Å². The van der Waals surface area contributed by atoms with E-state index >= 15 is 0 Å². The van der Waals surface area contributed by atoms with E-state index in [0.717, 1.165) is 4.68 Å². The second kappa shape index (κ2) is 6.13. The van der Waals surface area contributed by atoms with Gasteiger partial charge < -0.3 is 4.42 Å². The topological polar surface area (TPSA) is 84.7 Å². The maximum atomic E-state index is 12.7.